The molecule has 0 bridgehead atoms. The number of nitrogens with one attached hydrogen (secondary N) is 1. The molecular formula is C26H27N7O3S. The van der Waals surface area contributed by atoms with Crippen LogP contribution < -0.4 is 4.90 Å². The predicted molar refractivity (Wildman–Crippen MR) is 143 cm³/mol. The molecule has 2 aliphatic heterocycles. The van der Waals surface area contributed by atoms with Gasteiger partial charge in [-0.3, -0.25) is 14.7 Å². The zero-order valence-electron chi connectivity index (χ0n) is 20.5. The van der Waals surface area contributed by atoms with E-state index < -0.39 is 0 Å². The highest BCUT2D eigenvalue weighted by molar-refractivity contribution is 7.20. The Hall–Kier alpha value is -3.83. The van der Waals surface area contributed by atoms with Crippen molar-refractivity contribution in [3.63, 3.8) is 0 Å². The van der Waals surface area contributed by atoms with Crippen molar-refractivity contribution < 1.29 is 14.3 Å². The molecule has 0 unspecified atom stereocenters. The highest BCUT2D eigenvalue weighted by Gasteiger charge is 2.22. The molecule has 190 valence electrons. The average Bonchev–Trinajstić information content (AvgIpc) is 3.58. The maximum absolute atomic E-state index is 12.8. The van der Waals surface area contributed by atoms with Gasteiger partial charge in [-0.15, -0.1) is 11.3 Å². The second-order valence-electron chi connectivity index (χ2n) is 9.13. The van der Waals surface area contributed by atoms with E-state index in [1.807, 2.05) is 30.3 Å². The number of piperazine rings is 1. The van der Waals surface area contributed by atoms with E-state index in [-0.39, 0.29) is 11.8 Å². The summed E-state index contributed by atoms with van der Waals surface area (Å²) in [6.45, 7) is 6.63. The molecule has 0 aliphatic carbocycles. The van der Waals surface area contributed by atoms with Crippen LogP contribution in [0.25, 0.3) is 38.6 Å². The third-order valence-corrected chi connectivity index (χ3v) is 7.92. The van der Waals surface area contributed by atoms with Gasteiger partial charge in [-0.2, -0.15) is 5.10 Å². The summed E-state index contributed by atoms with van der Waals surface area (Å²) in [6, 6.07) is 7.99. The number of H-pyrrole nitrogens is 1. The van der Waals surface area contributed by atoms with Crippen LogP contribution in [-0.4, -0.2) is 94.3 Å². The molecule has 0 spiro atoms. The zero-order chi connectivity index (χ0) is 25.4. The summed E-state index contributed by atoms with van der Waals surface area (Å²) in [4.78, 5) is 41.0. The van der Waals surface area contributed by atoms with Crippen molar-refractivity contribution in [1.29, 1.82) is 0 Å². The fraction of sp³-hybridized carbons (Fsp3) is 0.346. The molecule has 10 nitrogen and oxygen atoms in total. The highest BCUT2D eigenvalue weighted by atomic mass is 32.1. The Bertz CT molecular complexity index is 1500. The molecule has 37 heavy (non-hydrogen) atoms. The number of carbonyl (C=O) groups is 2. The second kappa shape index (κ2) is 9.91. The number of hydrogen-bond donors (Lipinski definition) is 1. The van der Waals surface area contributed by atoms with Gasteiger partial charge in [0, 0.05) is 68.1 Å². The first-order valence-corrected chi connectivity index (χ1v) is 13.2. The van der Waals surface area contributed by atoms with Crippen LogP contribution >= 0.6 is 11.3 Å². The standard InChI is InChI=1S/C26H27N7O3S/c1-17(34)31-7-9-32(10-8-31)23(35)6-5-18-15-22-24(37-18)26(33-11-13-36-14-12-33)29-25(28-22)19-3-2-4-21-20(19)16-27-30-21/h2-6,15-16H,7-14H2,1H3,(H,27,30)/b6-5+. The maximum Gasteiger partial charge on any atom is 0.246 e. The molecular weight excluding hydrogens is 490 g/mol. The van der Waals surface area contributed by atoms with Crippen molar-refractivity contribution in [3.05, 3.63) is 41.4 Å². The Morgan fingerprint density at radius 2 is 1.84 bits per heavy atom. The molecule has 6 rings (SSSR count). The minimum absolute atomic E-state index is 0.0486. The number of aromatic amines is 1. The second-order valence-corrected chi connectivity index (χ2v) is 10.2. The number of anilines is 1. The quantitative estimate of drug-likeness (QED) is 0.415. The number of fused-ring (bicyclic) bond motifs is 2. The Morgan fingerprint density at radius 1 is 1.05 bits per heavy atom. The predicted octanol–water partition coefficient (Wildman–Crippen LogP) is 2.78. The van der Waals surface area contributed by atoms with Gasteiger partial charge in [0.1, 0.15) is 0 Å². The summed E-state index contributed by atoms with van der Waals surface area (Å²) >= 11 is 1.58. The number of ether oxygens (including phenoxy) is 1. The molecule has 3 aromatic heterocycles. The van der Waals surface area contributed by atoms with Gasteiger partial charge in [-0.25, -0.2) is 9.97 Å². The molecule has 5 heterocycles. The van der Waals surface area contributed by atoms with E-state index in [1.54, 1.807) is 40.3 Å². The molecule has 11 heteroatoms. The molecule has 4 aromatic rings. The van der Waals surface area contributed by atoms with Crippen molar-refractivity contribution in [2.24, 2.45) is 0 Å². The largest absolute Gasteiger partial charge is 0.378 e. The molecule has 0 radical (unpaired) electrons. The van der Waals surface area contributed by atoms with Crippen molar-refractivity contribution >= 4 is 56.2 Å². The van der Waals surface area contributed by atoms with Crippen molar-refractivity contribution in [2.45, 2.75) is 6.92 Å². The molecule has 1 N–H and O–H groups in total. The number of carbonyl (C=O) groups excluding carboxylic acids is 2. The van der Waals surface area contributed by atoms with E-state index in [0.29, 0.717) is 45.2 Å². The molecule has 2 amide bonds. The van der Waals surface area contributed by atoms with Crippen LogP contribution in [0, 0.1) is 0 Å². The summed E-state index contributed by atoms with van der Waals surface area (Å²) in [5, 5.41) is 8.18. The van der Waals surface area contributed by atoms with E-state index in [4.69, 9.17) is 14.7 Å². The third kappa shape index (κ3) is 4.67. The summed E-state index contributed by atoms with van der Waals surface area (Å²) in [5.74, 6) is 1.54. The molecule has 2 saturated heterocycles. The highest BCUT2D eigenvalue weighted by Crippen LogP contribution is 2.36. The van der Waals surface area contributed by atoms with E-state index >= 15 is 0 Å². The number of nitrogens with zero attached hydrogens (tertiary/aromatic N) is 6. The lowest BCUT2D eigenvalue weighted by atomic mass is 10.1. The van der Waals surface area contributed by atoms with Gasteiger partial charge in [0.15, 0.2) is 11.6 Å². The SMILES string of the molecule is CC(=O)N1CCN(C(=O)/C=C/c2cc3nc(-c4cccc5[nH]ncc45)nc(N4CCOCC4)c3s2)CC1. The van der Waals surface area contributed by atoms with Crippen LogP contribution in [0.4, 0.5) is 5.82 Å². The van der Waals surface area contributed by atoms with Gasteiger partial charge in [0.2, 0.25) is 11.8 Å². The summed E-state index contributed by atoms with van der Waals surface area (Å²) in [6.07, 6.45) is 5.27. The van der Waals surface area contributed by atoms with Gasteiger partial charge < -0.3 is 19.4 Å². The number of aromatic nitrogens is 4. The van der Waals surface area contributed by atoms with Gasteiger partial charge >= 0.3 is 0 Å². The summed E-state index contributed by atoms with van der Waals surface area (Å²) < 4.78 is 6.57. The van der Waals surface area contributed by atoms with Gasteiger partial charge in [0.05, 0.1) is 35.1 Å². The monoisotopic (exact) mass is 517 g/mol. The first kappa shape index (κ1) is 23.6. The zero-order valence-corrected chi connectivity index (χ0v) is 21.3. The molecule has 2 fully saturated rings. The minimum atomic E-state index is -0.0486. The first-order valence-electron chi connectivity index (χ1n) is 12.4. The number of amides is 2. The number of rotatable bonds is 4. The van der Waals surface area contributed by atoms with Crippen LogP contribution in [0.2, 0.25) is 0 Å². The van der Waals surface area contributed by atoms with Crippen LogP contribution in [0.3, 0.4) is 0 Å². The number of morpholine rings is 1. The smallest absolute Gasteiger partial charge is 0.246 e. The van der Waals surface area contributed by atoms with E-state index in [1.165, 1.54) is 0 Å². The van der Waals surface area contributed by atoms with Crippen molar-refractivity contribution in [1.82, 2.24) is 30.0 Å². The third-order valence-electron chi connectivity index (χ3n) is 6.84. The fourth-order valence-electron chi connectivity index (χ4n) is 4.79. The van der Waals surface area contributed by atoms with Gasteiger partial charge in [-0.05, 0) is 18.2 Å². The number of thiophene rings is 1. The summed E-state index contributed by atoms with van der Waals surface area (Å²) in [5.41, 5.74) is 2.70. The van der Waals surface area contributed by atoms with Crippen molar-refractivity contribution in [3.8, 4) is 11.4 Å². The molecule has 2 aliphatic rings. The minimum Gasteiger partial charge on any atom is -0.378 e. The Balaban J connectivity index is 1.33. The Labute approximate surface area is 217 Å². The molecule has 1 aromatic carbocycles. The lowest BCUT2D eigenvalue weighted by Crippen LogP contribution is -2.49. The lowest BCUT2D eigenvalue weighted by molar-refractivity contribution is -0.135. The Morgan fingerprint density at radius 3 is 2.62 bits per heavy atom. The van der Waals surface area contributed by atoms with Crippen LogP contribution in [-0.2, 0) is 14.3 Å². The van der Waals surface area contributed by atoms with E-state index in [2.05, 4.69) is 15.1 Å². The number of benzene rings is 1. The fourth-order valence-corrected chi connectivity index (χ4v) is 5.81. The van der Waals surface area contributed by atoms with E-state index in [9.17, 15) is 9.59 Å². The molecule has 0 saturated carbocycles. The topological polar surface area (TPSA) is 108 Å². The van der Waals surface area contributed by atoms with Crippen LogP contribution in [0.1, 0.15) is 11.8 Å². The number of hydrogen-bond acceptors (Lipinski definition) is 8. The van der Waals surface area contributed by atoms with Crippen molar-refractivity contribution in [2.75, 3.05) is 57.4 Å². The normalized spacial score (nSPS) is 16.8. The van der Waals surface area contributed by atoms with Crippen LogP contribution in [0.5, 0.6) is 0 Å². The summed E-state index contributed by atoms with van der Waals surface area (Å²) in [7, 11) is 0. The average molecular weight is 518 g/mol. The van der Waals surface area contributed by atoms with Gasteiger partial charge in [0.25, 0.3) is 0 Å². The van der Waals surface area contributed by atoms with E-state index in [0.717, 1.165) is 50.5 Å². The van der Waals surface area contributed by atoms with Crippen LogP contribution in [0.15, 0.2) is 36.5 Å². The maximum atomic E-state index is 12.8. The molecule has 0 atom stereocenters. The first-order chi connectivity index (χ1) is 18.1. The Kier molecular flexibility index (Phi) is 6.31. The lowest BCUT2D eigenvalue weighted by Gasteiger charge is -2.33. The van der Waals surface area contributed by atoms with Gasteiger partial charge in [-0.1, -0.05) is 12.1 Å².